The van der Waals surface area contributed by atoms with E-state index in [0.717, 1.165) is 28.2 Å². The molecule has 0 radical (unpaired) electrons. The number of benzene rings is 2. The molecule has 6 heteroatoms. The lowest BCUT2D eigenvalue weighted by Crippen LogP contribution is -2.38. The molecule has 0 unspecified atom stereocenters. The van der Waals surface area contributed by atoms with Crippen LogP contribution in [-0.2, 0) is 4.79 Å². The number of rotatable bonds is 5. The normalized spacial score (nSPS) is 10.4. The highest BCUT2D eigenvalue weighted by Crippen LogP contribution is 2.23. The van der Waals surface area contributed by atoms with Crippen molar-refractivity contribution < 1.29 is 18.4 Å². The van der Waals surface area contributed by atoms with E-state index in [2.05, 4.69) is 5.32 Å². The first kappa shape index (κ1) is 18.6. The fraction of sp³-hybridized carbons (Fsp3) is 0.263. The van der Waals surface area contributed by atoms with Crippen LogP contribution in [0.15, 0.2) is 36.4 Å². The highest BCUT2D eigenvalue weighted by Gasteiger charge is 2.20. The average molecular weight is 346 g/mol. The van der Waals surface area contributed by atoms with Gasteiger partial charge in [0.2, 0.25) is 5.91 Å². The lowest BCUT2D eigenvalue weighted by Gasteiger charge is -2.22. The molecule has 25 heavy (non-hydrogen) atoms. The molecule has 0 saturated carbocycles. The number of hydrogen-bond acceptors (Lipinski definition) is 2. The van der Waals surface area contributed by atoms with Gasteiger partial charge in [0.1, 0.15) is 17.3 Å². The summed E-state index contributed by atoms with van der Waals surface area (Å²) < 4.78 is 27.7. The van der Waals surface area contributed by atoms with E-state index in [9.17, 15) is 18.4 Å². The van der Waals surface area contributed by atoms with Crippen molar-refractivity contribution in [3.63, 3.8) is 0 Å². The molecular formula is C19H20F2N2O2. The van der Waals surface area contributed by atoms with Gasteiger partial charge in [-0.1, -0.05) is 12.1 Å². The Morgan fingerprint density at radius 1 is 1.04 bits per heavy atom. The molecule has 0 aliphatic carbocycles. The van der Waals surface area contributed by atoms with Crippen molar-refractivity contribution in [1.29, 1.82) is 0 Å². The summed E-state index contributed by atoms with van der Waals surface area (Å²) in [6.45, 7) is 5.11. The number of carbonyl (C=O) groups is 2. The summed E-state index contributed by atoms with van der Waals surface area (Å²) in [6.07, 6.45) is 0. The van der Waals surface area contributed by atoms with Crippen LogP contribution in [0.5, 0.6) is 0 Å². The summed E-state index contributed by atoms with van der Waals surface area (Å²) in [5.74, 6) is -2.46. The summed E-state index contributed by atoms with van der Waals surface area (Å²) in [7, 11) is 0. The van der Waals surface area contributed by atoms with Crippen LogP contribution in [0.4, 0.5) is 14.5 Å². The van der Waals surface area contributed by atoms with Gasteiger partial charge in [0.05, 0.1) is 0 Å². The Morgan fingerprint density at radius 2 is 1.68 bits per heavy atom. The number of amides is 2. The number of anilines is 1. The van der Waals surface area contributed by atoms with Gasteiger partial charge in [-0.3, -0.25) is 9.59 Å². The fourth-order valence-corrected chi connectivity index (χ4v) is 2.44. The van der Waals surface area contributed by atoms with Gasteiger partial charge in [-0.05, 0) is 49.2 Å². The first-order valence-corrected chi connectivity index (χ1v) is 7.89. The summed E-state index contributed by atoms with van der Waals surface area (Å²) in [6, 6.07) is 8.72. The smallest absolute Gasteiger partial charge is 0.251 e. The number of carbonyl (C=O) groups excluding carboxylic acids is 2. The van der Waals surface area contributed by atoms with Crippen molar-refractivity contribution in [2.45, 2.75) is 20.8 Å². The third-order valence-corrected chi connectivity index (χ3v) is 3.98. The van der Waals surface area contributed by atoms with Crippen molar-refractivity contribution in [2.75, 3.05) is 18.0 Å². The largest absolute Gasteiger partial charge is 0.350 e. The van der Waals surface area contributed by atoms with E-state index in [4.69, 9.17) is 0 Å². The minimum atomic E-state index is -0.823. The Balaban J connectivity index is 2.06. The molecule has 1 N–H and O–H groups in total. The molecule has 2 aromatic rings. The molecule has 132 valence electrons. The van der Waals surface area contributed by atoms with E-state index in [0.29, 0.717) is 5.56 Å². The molecule has 0 fully saturated rings. The van der Waals surface area contributed by atoms with Crippen LogP contribution in [0.2, 0.25) is 0 Å². The van der Waals surface area contributed by atoms with Crippen molar-refractivity contribution >= 4 is 17.5 Å². The second-order valence-corrected chi connectivity index (χ2v) is 5.80. The molecule has 0 bridgehead atoms. The fourth-order valence-electron chi connectivity index (χ4n) is 2.44. The van der Waals surface area contributed by atoms with Crippen LogP contribution in [0.1, 0.15) is 28.4 Å². The lowest BCUT2D eigenvalue weighted by molar-refractivity contribution is -0.116. The van der Waals surface area contributed by atoms with Crippen LogP contribution >= 0.6 is 0 Å². The highest BCUT2D eigenvalue weighted by atomic mass is 19.1. The van der Waals surface area contributed by atoms with Gasteiger partial charge in [-0.15, -0.1) is 0 Å². The number of nitrogens with zero attached hydrogens (tertiary/aromatic N) is 1. The van der Waals surface area contributed by atoms with Gasteiger partial charge >= 0.3 is 0 Å². The van der Waals surface area contributed by atoms with Crippen molar-refractivity contribution in [1.82, 2.24) is 5.32 Å². The average Bonchev–Trinajstić information content (AvgIpc) is 2.55. The lowest BCUT2D eigenvalue weighted by atomic mass is 10.1. The molecule has 0 spiro atoms. The van der Waals surface area contributed by atoms with E-state index in [-0.39, 0.29) is 19.0 Å². The van der Waals surface area contributed by atoms with Crippen molar-refractivity contribution in [2.24, 2.45) is 0 Å². The van der Waals surface area contributed by atoms with Gasteiger partial charge in [0, 0.05) is 25.6 Å². The monoisotopic (exact) mass is 346 g/mol. The number of halogens is 2. The minimum absolute atomic E-state index is 0.0379. The number of aryl methyl sites for hydroxylation is 2. The number of nitrogens with one attached hydrogen (secondary N) is 1. The molecule has 0 saturated heterocycles. The van der Waals surface area contributed by atoms with Gasteiger partial charge in [-0.2, -0.15) is 0 Å². The Bertz CT molecular complexity index is 786. The molecule has 2 aromatic carbocycles. The van der Waals surface area contributed by atoms with Crippen LogP contribution in [0, 0.1) is 25.5 Å². The van der Waals surface area contributed by atoms with E-state index in [1.54, 1.807) is 12.1 Å². The summed E-state index contributed by atoms with van der Waals surface area (Å²) in [5, 5.41) is 2.66. The maximum Gasteiger partial charge on any atom is 0.251 e. The molecule has 0 aromatic heterocycles. The maximum absolute atomic E-state index is 13.9. The van der Waals surface area contributed by atoms with Gasteiger partial charge < -0.3 is 10.2 Å². The van der Waals surface area contributed by atoms with E-state index in [1.165, 1.54) is 13.0 Å². The molecule has 2 amide bonds. The summed E-state index contributed by atoms with van der Waals surface area (Å²) in [5.41, 5.74) is 2.16. The predicted molar refractivity (Wildman–Crippen MR) is 92.6 cm³/mol. The molecular weight excluding hydrogens is 326 g/mol. The van der Waals surface area contributed by atoms with Crippen molar-refractivity contribution in [3.05, 3.63) is 64.7 Å². The van der Waals surface area contributed by atoms with Gasteiger partial charge in [-0.25, -0.2) is 8.78 Å². The van der Waals surface area contributed by atoms with Crippen LogP contribution in [0.25, 0.3) is 0 Å². The zero-order valence-corrected chi connectivity index (χ0v) is 14.4. The summed E-state index contributed by atoms with van der Waals surface area (Å²) >= 11 is 0. The standard InChI is InChI=1S/C19H20F2N2O2/c1-12-7-8-15(11-13(12)2)19(25)22-9-10-23(14(3)24)18-16(20)5-4-6-17(18)21/h4-8,11H,9-10H2,1-3H3,(H,22,25). The van der Waals surface area contributed by atoms with Crippen LogP contribution in [-0.4, -0.2) is 24.9 Å². The zero-order valence-electron chi connectivity index (χ0n) is 14.4. The Hall–Kier alpha value is -2.76. The highest BCUT2D eigenvalue weighted by molar-refractivity contribution is 5.95. The predicted octanol–water partition coefficient (Wildman–Crippen LogP) is 3.36. The third-order valence-electron chi connectivity index (χ3n) is 3.98. The topological polar surface area (TPSA) is 49.4 Å². The van der Waals surface area contributed by atoms with Crippen molar-refractivity contribution in [3.8, 4) is 0 Å². The number of para-hydroxylation sites is 1. The number of hydrogen-bond donors (Lipinski definition) is 1. The molecule has 0 aliphatic rings. The Morgan fingerprint density at radius 3 is 2.24 bits per heavy atom. The van der Waals surface area contributed by atoms with Crippen LogP contribution < -0.4 is 10.2 Å². The quantitative estimate of drug-likeness (QED) is 0.902. The molecule has 0 heterocycles. The van der Waals surface area contributed by atoms with E-state index >= 15 is 0 Å². The molecule has 0 atom stereocenters. The second kappa shape index (κ2) is 7.88. The maximum atomic E-state index is 13.9. The molecule has 4 nitrogen and oxygen atoms in total. The zero-order chi connectivity index (χ0) is 18.6. The molecule has 2 rings (SSSR count). The summed E-state index contributed by atoms with van der Waals surface area (Å²) in [4.78, 5) is 24.9. The minimum Gasteiger partial charge on any atom is -0.350 e. The first-order chi connectivity index (χ1) is 11.8. The Labute approximate surface area is 145 Å². The van der Waals surface area contributed by atoms with Gasteiger partial charge in [0.25, 0.3) is 5.91 Å². The van der Waals surface area contributed by atoms with Crippen LogP contribution in [0.3, 0.4) is 0 Å². The van der Waals surface area contributed by atoms with E-state index < -0.39 is 23.2 Å². The van der Waals surface area contributed by atoms with Gasteiger partial charge in [0.15, 0.2) is 0 Å². The Kier molecular flexibility index (Phi) is 5.85. The first-order valence-electron chi connectivity index (χ1n) is 7.89. The molecule has 0 aliphatic heterocycles. The van der Waals surface area contributed by atoms with E-state index in [1.807, 2.05) is 19.9 Å². The third kappa shape index (κ3) is 4.41. The second-order valence-electron chi connectivity index (χ2n) is 5.80. The SMILES string of the molecule is CC(=O)N(CCNC(=O)c1ccc(C)c(C)c1)c1c(F)cccc1F.